The first-order chi connectivity index (χ1) is 16.8. The first kappa shape index (κ1) is 25.6. The van der Waals surface area contributed by atoms with Gasteiger partial charge in [0.05, 0.1) is 25.0 Å². The summed E-state index contributed by atoms with van der Waals surface area (Å²) in [5.41, 5.74) is 2.69. The maximum Gasteiger partial charge on any atom is 0.341 e. The van der Waals surface area contributed by atoms with Crippen molar-refractivity contribution in [2.45, 2.75) is 39.7 Å². The SMILES string of the molecule is CCC.COc1cc2c(cc1OCCc1cccc(C(=O)O)c1)CCn1cc(C(=O)O)c(=O)cc1-2. The second-order valence-corrected chi connectivity index (χ2v) is 8.16. The fourth-order valence-corrected chi connectivity index (χ4v) is 3.85. The van der Waals surface area contributed by atoms with Crippen LogP contribution in [0.4, 0.5) is 0 Å². The zero-order valence-electron chi connectivity index (χ0n) is 20.0. The van der Waals surface area contributed by atoms with E-state index in [0.717, 1.165) is 16.7 Å². The van der Waals surface area contributed by atoms with Gasteiger partial charge in [0.25, 0.3) is 0 Å². The van der Waals surface area contributed by atoms with Crippen LogP contribution in [0.15, 0.2) is 53.5 Å². The number of hydrogen-bond acceptors (Lipinski definition) is 5. The monoisotopic (exact) mass is 479 g/mol. The van der Waals surface area contributed by atoms with E-state index in [1.165, 1.54) is 25.8 Å². The molecule has 0 unspecified atom stereocenters. The summed E-state index contributed by atoms with van der Waals surface area (Å²) in [6, 6.07) is 11.7. The maximum absolute atomic E-state index is 12.2. The van der Waals surface area contributed by atoms with Crippen molar-refractivity contribution >= 4 is 11.9 Å². The van der Waals surface area contributed by atoms with Gasteiger partial charge in [-0.2, -0.15) is 0 Å². The van der Waals surface area contributed by atoms with Crippen molar-refractivity contribution in [2.75, 3.05) is 13.7 Å². The lowest BCUT2D eigenvalue weighted by molar-refractivity contribution is 0.0684. The number of aromatic nitrogens is 1. The Balaban J connectivity index is 0.00000108. The summed E-state index contributed by atoms with van der Waals surface area (Å²) in [7, 11) is 1.52. The Morgan fingerprint density at radius 2 is 1.77 bits per heavy atom. The standard InChI is InChI=1S/C24H21NO7.C3H8/c1-31-21-11-17-15(5-7-25-13-18(24(29)30)20(26)12-19(17)25)10-22(21)32-8-6-14-3-2-4-16(9-14)23(27)28;1-3-2/h2-4,9-13H,5-8H2,1H3,(H,27,28)(H,29,30);3H2,1-2H3. The van der Waals surface area contributed by atoms with Crippen molar-refractivity contribution in [3.05, 3.63) is 81.1 Å². The highest BCUT2D eigenvalue weighted by Gasteiger charge is 2.22. The lowest BCUT2D eigenvalue weighted by Crippen LogP contribution is -2.22. The van der Waals surface area contributed by atoms with Gasteiger partial charge in [0.1, 0.15) is 5.56 Å². The van der Waals surface area contributed by atoms with E-state index in [-0.39, 0.29) is 11.1 Å². The molecule has 0 saturated heterocycles. The number of fused-ring (bicyclic) bond motifs is 3. The largest absolute Gasteiger partial charge is 0.493 e. The van der Waals surface area contributed by atoms with E-state index in [2.05, 4.69) is 13.8 Å². The van der Waals surface area contributed by atoms with Crippen molar-refractivity contribution in [3.8, 4) is 22.8 Å². The second-order valence-electron chi connectivity index (χ2n) is 8.16. The molecule has 4 rings (SSSR count). The van der Waals surface area contributed by atoms with E-state index in [1.807, 2.05) is 12.1 Å². The van der Waals surface area contributed by atoms with Crippen molar-refractivity contribution in [1.82, 2.24) is 4.57 Å². The molecule has 8 heteroatoms. The number of hydrogen-bond donors (Lipinski definition) is 2. The van der Waals surface area contributed by atoms with Crippen LogP contribution >= 0.6 is 0 Å². The predicted molar refractivity (Wildman–Crippen MR) is 132 cm³/mol. The highest BCUT2D eigenvalue weighted by atomic mass is 16.5. The highest BCUT2D eigenvalue weighted by molar-refractivity contribution is 5.88. The first-order valence-electron chi connectivity index (χ1n) is 11.4. The molecule has 3 aromatic rings. The van der Waals surface area contributed by atoms with Gasteiger partial charge in [-0.1, -0.05) is 32.4 Å². The number of carboxylic acids is 2. The number of pyridine rings is 1. The molecule has 0 radical (unpaired) electrons. The van der Waals surface area contributed by atoms with Gasteiger partial charge >= 0.3 is 11.9 Å². The summed E-state index contributed by atoms with van der Waals surface area (Å²) in [5, 5.41) is 18.3. The van der Waals surface area contributed by atoms with Crippen LogP contribution in [0.25, 0.3) is 11.3 Å². The number of ether oxygens (including phenoxy) is 2. The first-order valence-corrected chi connectivity index (χ1v) is 11.4. The minimum atomic E-state index is -1.24. The molecule has 0 bridgehead atoms. The van der Waals surface area contributed by atoms with E-state index in [9.17, 15) is 19.5 Å². The number of carbonyl (C=O) groups is 2. The Morgan fingerprint density at radius 3 is 2.43 bits per heavy atom. The molecule has 35 heavy (non-hydrogen) atoms. The number of rotatable bonds is 7. The van der Waals surface area contributed by atoms with Crippen molar-refractivity contribution < 1.29 is 29.3 Å². The van der Waals surface area contributed by atoms with Crippen LogP contribution in [0.5, 0.6) is 11.5 Å². The molecule has 1 aliphatic heterocycles. The number of carboxylic acid groups (broad SMARTS) is 2. The van der Waals surface area contributed by atoms with E-state index >= 15 is 0 Å². The molecule has 0 aliphatic carbocycles. The Hall–Kier alpha value is -4.07. The van der Waals surface area contributed by atoms with Gasteiger partial charge in [0, 0.05) is 30.8 Å². The van der Waals surface area contributed by atoms with Gasteiger partial charge in [0.15, 0.2) is 16.9 Å². The summed E-state index contributed by atoms with van der Waals surface area (Å²) >= 11 is 0. The number of aryl methyl sites for hydroxylation is 2. The van der Waals surface area contributed by atoms with Crippen LogP contribution in [0.3, 0.4) is 0 Å². The highest BCUT2D eigenvalue weighted by Crippen LogP contribution is 2.38. The summed E-state index contributed by atoms with van der Waals surface area (Å²) in [5.74, 6) is -1.17. The number of aromatic carboxylic acids is 2. The van der Waals surface area contributed by atoms with Gasteiger partial charge in [-0.25, -0.2) is 9.59 Å². The molecular formula is C27H29NO7. The molecule has 2 aromatic carbocycles. The Bertz CT molecular complexity index is 1290. The van der Waals surface area contributed by atoms with Crippen LogP contribution in [0, 0.1) is 0 Å². The average molecular weight is 480 g/mol. The quantitative estimate of drug-likeness (QED) is 0.512. The van der Waals surface area contributed by atoms with E-state index in [1.54, 1.807) is 28.8 Å². The minimum Gasteiger partial charge on any atom is -0.493 e. The van der Waals surface area contributed by atoms with Crippen LogP contribution in [0.1, 0.15) is 52.1 Å². The molecule has 2 heterocycles. The lowest BCUT2D eigenvalue weighted by atomic mass is 9.96. The zero-order valence-corrected chi connectivity index (χ0v) is 20.0. The van der Waals surface area contributed by atoms with Gasteiger partial charge < -0.3 is 24.3 Å². The molecular weight excluding hydrogens is 450 g/mol. The second kappa shape index (κ2) is 11.4. The molecule has 184 valence electrons. The fourth-order valence-electron chi connectivity index (χ4n) is 3.85. The topological polar surface area (TPSA) is 115 Å². The third-order valence-electron chi connectivity index (χ3n) is 5.47. The van der Waals surface area contributed by atoms with Crippen LogP contribution in [0.2, 0.25) is 0 Å². The van der Waals surface area contributed by atoms with E-state index in [4.69, 9.17) is 14.6 Å². The van der Waals surface area contributed by atoms with Crippen molar-refractivity contribution in [3.63, 3.8) is 0 Å². The summed E-state index contributed by atoms with van der Waals surface area (Å²) in [6.07, 6.45) is 3.80. The third-order valence-corrected chi connectivity index (χ3v) is 5.47. The fraction of sp³-hybridized carbons (Fsp3) is 0.296. The molecule has 1 aromatic heterocycles. The van der Waals surface area contributed by atoms with Crippen molar-refractivity contribution in [1.29, 1.82) is 0 Å². The van der Waals surface area contributed by atoms with Gasteiger partial charge in [-0.05, 0) is 41.8 Å². The summed E-state index contributed by atoms with van der Waals surface area (Å²) in [4.78, 5) is 34.6. The normalized spacial score (nSPS) is 11.4. The average Bonchev–Trinajstić information content (AvgIpc) is 2.83. The Kier molecular flexibility index (Phi) is 8.30. The Labute approximate surface area is 203 Å². The minimum absolute atomic E-state index is 0.230. The lowest BCUT2D eigenvalue weighted by Gasteiger charge is -2.24. The molecule has 0 atom stereocenters. The Morgan fingerprint density at radius 1 is 1.03 bits per heavy atom. The summed E-state index contributed by atoms with van der Waals surface area (Å²) in [6.45, 7) is 5.12. The molecule has 0 amide bonds. The number of nitrogens with zero attached hydrogens (tertiary/aromatic N) is 1. The van der Waals surface area contributed by atoms with Gasteiger partial charge in [-0.3, -0.25) is 4.79 Å². The van der Waals surface area contributed by atoms with Gasteiger partial charge in [-0.15, -0.1) is 0 Å². The van der Waals surface area contributed by atoms with Crippen LogP contribution in [-0.2, 0) is 19.4 Å². The predicted octanol–water partition coefficient (Wildman–Crippen LogP) is 4.51. The van der Waals surface area contributed by atoms with Gasteiger partial charge in [0.2, 0.25) is 0 Å². The van der Waals surface area contributed by atoms with Crippen molar-refractivity contribution in [2.24, 2.45) is 0 Å². The molecule has 1 aliphatic rings. The maximum atomic E-state index is 12.2. The smallest absolute Gasteiger partial charge is 0.341 e. The van der Waals surface area contributed by atoms with Crippen LogP contribution in [-0.4, -0.2) is 40.4 Å². The third kappa shape index (κ3) is 5.90. The molecule has 2 N–H and O–H groups in total. The summed E-state index contributed by atoms with van der Waals surface area (Å²) < 4.78 is 13.2. The van der Waals surface area contributed by atoms with E-state index < -0.39 is 17.4 Å². The number of methoxy groups -OCH3 is 1. The molecule has 0 fully saturated rings. The molecule has 0 saturated carbocycles. The molecule has 8 nitrogen and oxygen atoms in total. The van der Waals surface area contributed by atoms with E-state index in [0.29, 0.717) is 43.2 Å². The molecule has 0 spiro atoms. The number of benzene rings is 2. The van der Waals surface area contributed by atoms with Crippen LogP contribution < -0.4 is 14.9 Å². The zero-order chi connectivity index (χ0) is 25.5.